The summed E-state index contributed by atoms with van der Waals surface area (Å²) < 4.78 is 29.1. The quantitative estimate of drug-likeness (QED) is 0.590. The SMILES string of the molecule is Cc1c([C@@H](O)CN2CCN(CC(O)c3ccc4c(c3)CCS4(=O)=O)CC2)ccc2c1COC2=O. The Morgan fingerprint density at radius 3 is 2.38 bits per heavy atom. The predicted octanol–water partition coefficient (Wildman–Crippen LogP) is 1.38. The Morgan fingerprint density at radius 2 is 1.68 bits per heavy atom. The summed E-state index contributed by atoms with van der Waals surface area (Å²) in [6, 6.07) is 8.73. The van der Waals surface area contributed by atoms with E-state index in [4.69, 9.17) is 4.74 Å². The Bertz CT molecular complexity index is 1220. The number of benzene rings is 2. The summed E-state index contributed by atoms with van der Waals surface area (Å²) in [5, 5.41) is 21.6. The second-order valence-corrected chi connectivity index (χ2v) is 11.5. The lowest BCUT2D eigenvalue weighted by Gasteiger charge is -2.36. The molecular weight excluding hydrogens is 456 g/mol. The number of carbonyl (C=O) groups excluding carboxylic acids is 1. The van der Waals surface area contributed by atoms with Crippen molar-refractivity contribution in [2.45, 2.75) is 37.1 Å². The maximum atomic E-state index is 12.0. The molecule has 0 saturated carbocycles. The Balaban J connectivity index is 1.15. The summed E-state index contributed by atoms with van der Waals surface area (Å²) in [6.45, 7) is 6.28. The van der Waals surface area contributed by atoms with Gasteiger partial charge in [-0.15, -0.1) is 0 Å². The molecule has 5 rings (SSSR count). The van der Waals surface area contributed by atoms with Gasteiger partial charge in [-0.25, -0.2) is 13.2 Å². The lowest BCUT2D eigenvalue weighted by atomic mass is 9.95. The van der Waals surface area contributed by atoms with Crippen LogP contribution in [0.15, 0.2) is 35.2 Å². The van der Waals surface area contributed by atoms with Crippen LogP contribution < -0.4 is 0 Å². The van der Waals surface area contributed by atoms with E-state index in [9.17, 15) is 23.4 Å². The fourth-order valence-electron chi connectivity index (χ4n) is 5.24. The Kier molecular flexibility index (Phi) is 6.24. The number of aliphatic hydroxyl groups excluding tert-OH is 2. The topological polar surface area (TPSA) is 107 Å². The summed E-state index contributed by atoms with van der Waals surface area (Å²) in [6.07, 6.45) is -0.822. The number of hydrogen-bond donors (Lipinski definition) is 2. The number of β-amino-alcohol motifs (C(OH)–C–C–N with tert-alkyl or cyclic N) is 2. The second-order valence-electron chi connectivity index (χ2n) is 9.45. The summed E-state index contributed by atoms with van der Waals surface area (Å²) in [7, 11) is -3.16. The highest BCUT2D eigenvalue weighted by Crippen LogP contribution is 2.30. The van der Waals surface area contributed by atoms with E-state index in [2.05, 4.69) is 9.80 Å². The molecule has 2 aromatic rings. The number of esters is 1. The molecule has 0 radical (unpaired) electrons. The van der Waals surface area contributed by atoms with Gasteiger partial charge in [0.05, 0.1) is 28.4 Å². The molecule has 0 bridgehead atoms. The van der Waals surface area contributed by atoms with Gasteiger partial charge in [0.2, 0.25) is 0 Å². The van der Waals surface area contributed by atoms with Gasteiger partial charge in [-0.05, 0) is 47.7 Å². The molecule has 3 aliphatic heterocycles. The molecule has 2 N–H and O–H groups in total. The molecule has 2 aromatic carbocycles. The molecule has 34 heavy (non-hydrogen) atoms. The van der Waals surface area contributed by atoms with Crippen LogP contribution in [0.2, 0.25) is 0 Å². The van der Waals surface area contributed by atoms with Crippen LogP contribution in [0.4, 0.5) is 0 Å². The molecule has 0 aromatic heterocycles. The first-order chi connectivity index (χ1) is 16.2. The van der Waals surface area contributed by atoms with E-state index in [0.29, 0.717) is 30.0 Å². The van der Waals surface area contributed by atoms with Crippen molar-refractivity contribution in [3.05, 3.63) is 63.7 Å². The zero-order valence-electron chi connectivity index (χ0n) is 19.2. The van der Waals surface area contributed by atoms with Gasteiger partial charge < -0.3 is 14.9 Å². The first kappa shape index (κ1) is 23.4. The molecule has 1 fully saturated rings. The average Bonchev–Trinajstić information content (AvgIpc) is 3.34. The van der Waals surface area contributed by atoms with Crippen molar-refractivity contribution >= 4 is 15.8 Å². The summed E-state index contributed by atoms with van der Waals surface area (Å²) in [4.78, 5) is 16.6. The number of fused-ring (bicyclic) bond motifs is 2. The van der Waals surface area contributed by atoms with Crippen molar-refractivity contribution in [1.29, 1.82) is 0 Å². The van der Waals surface area contributed by atoms with Gasteiger partial charge in [0.15, 0.2) is 9.84 Å². The van der Waals surface area contributed by atoms with Gasteiger partial charge in [0, 0.05) is 44.8 Å². The maximum Gasteiger partial charge on any atom is 0.338 e. The molecule has 182 valence electrons. The highest BCUT2D eigenvalue weighted by atomic mass is 32.2. The largest absolute Gasteiger partial charge is 0.457 e. The normalized spacial score (nSPS) is 21.7. The van der Waals surface area contributed by atoms with E-state index in [1.54, 1.807) is 18.2 Å². The van der Waals surface area contributed by atoms with Crippen LogP contribution in [-0.2, 0) is 27.6 Å². The minimum Gasteiger partial charge on any atom is -0.457 e. The van der Waals surface area contributed by atoms with E-state index in [-0.39, 0.29) is 18.3 Å². The van der Waals surface area contributed by atoms with Crippen molar-refractivity contribution < 1.29 is 28.2 Å². The van der Waals surface area contributed by atoms with Gasteiger partial charge in [0.25, 0.3) is 0 Å². The predicted molar refractivity (Wildman–Crippen MR) is 125 cm³/mol. The molecule has 0 aliphatic carbocycles. The van der Waals surface area contributed by atoms with Crippen LogP contribution in [0.5, 0.6) is 0 Å². The monoisotopic (exact) mass is 486 g/mol. The molecule has 1 saturated heterocycles. The number of aryl methyl sites for hydroxylation is 1. The Morgan fingerprint density at radius 1 is 1.00 bits per heavy atom. The van der Waals surface area contributed by atoms with Gasteiger partial charge in [-0.2, -0.15) is 0 Å². The Labute approximate surface area is 199 Å². The van der Waals surface area contributed by atoms with E-state index < -0.39 is 22.0 Å². The van der Waals surface area contributed by atoms with Crippen LogP contribution in [0.3, 0.4) is 0 Å². The number of ether oxygens (including phenoxy) is 1. The summed E-state index contributed by atoms with van der Waals surface area (Å²) in [5.74, 6) is -0.158. The number of hydrogen-bond acceptors (Lipinski definition) is 8. The second kappa shape index (κ2) is 9.05. The Hall–Kier alpha value is -2.30. The van der Waals surface area contributed by atoms with E-state index >= 15 is 0 Å². The number of rotatable bonds is 6. The van der Waals surface area contributed by atoms with Crippen molar-refractivity contribution in [3.63, 3.8) is 0 Å². The molecule has 8 nitrogen and oxygen atoms in total. The van der Waals surface area contributed by atoms with Crippen molar-refractivity contribution in [2.24, 2.45) is 0 Å². The molecule has 3 aliphatic rings. The number of nitrogens with zero attached hydrogens (tertiary/aromatic N) is 2. The zero-order chi connectivity index (χ0) is 24.0. The van der Waals surface area contributed by atoms with E-state index in [1.165, 1.54) is 0 Å². The van der Waals surface area contributed by atoms with Crippen LogP contribution in [-0.4, -0.2) is 79.4 Å². The number of piperazine rings is 1. The first-order valence-corrected chi connectivity index (χ1v) is 13.3. The van der Waals surface area contributed by atoms with Crippen molar-refractivity contribution in [2.75, 3.05) is 45.0 Å². The molecular formula is C25H30N2O6S. The van der Waals surface area contributed by atoms with Crippen molar-refractivity contribution in [3.8, 4) is 0 Å². The van der Waals surface area contributed by atoms with E-state index in [1.807, 2.05) is 19.1 Å². The lowest BCUT2D eigenvalue weighted by Crippen LogP contribution is -2.48. The molecule has 0 amide bonds. The maximum absolute atomic E-state index is 12.0. The average molecular weight is 487 g/mol. The van der Waals surface area contributed by atoms with Gasteiger partial charge in [0.1, 0.15) is 6.61 Å². The van der Waals surface area contributed by atoms with Crippen LogP contribution >= 0.6 is 0 Å². The number of sulfone groups is 1. The minimum absolute atomic E-state index is 0.145. The molecule has 0 spiro atoms. The molecule has 9 heteroatoms. The fraction of sp³-hybridized carbons (Fsp3) is 0.480. The lowest BCUT2D eigenvalue weighted by molar-refractivity contribution is 0.0480. The zero-order valence-corrected chi connectivity index (χ0v) is 20.1. The number of cyclic esters (lactones) is 1. The number of aliphatic hydroxyl groups is 2. The fourth-order valence-corrected chi connectivity index (χ4v) is 6.78. The molecule has 3 heterocycles. The van der Waals surface area contributed by atoms with Crippen LogP contribution in [0.25, 0.3) is 0 Å². The highest BCUT2D eigenvalue weighted by Gasteiger charge is 2.29. The van der Waals surface area contributed by atoms with Gasteiger partial charge >= 0.3 is 5.97 Å². The van der Waals surface area contributed by atoms with Crippen LogP contribution in [0.1, 0.15) is 50.4 Å². The van der Waals surface area contributed by atoms with E-state index in [0.717, 1.165) is 54.0 Å². The highest BCUT2D eigenvalue weighted by molar-refractivity contribution is 7.91. The molecule has 2 atom stereocenters. The van der Waals surface area contributed by atoms with Crippen molar-refractivity contribution in [1.82, 2.24) is 9.80 Å². The minimum atomic E-state index is -3.16. The van der Waals surface area contributed by atoms with Gasteiger partial charge in [-0.1, -0.05) is 18.2 Å². The third-order valence-corrected chi connectivity index (χ3v) is 9.15. The summed E-state index contributed by atoms with van der Waals surface area (Å²) in [5.41, 5.74) is 4.75. The third-order valence-electron chi connectivity index (χ3n) is 7.34. The van der Waals surface area contributed by atoms with Gasteiger partial charge in [-0.3, -0.25) is 9.80 Å². The first-order valence-electron chi connectivity index (χ1n) is 11.7. The smallest absolute Gasteiger partial charge is 0.338 e. The summed E-state index contributed by atoms with van der Waals surface area (Å²) >= 11 is 0. The third kappa shape index (κ3) is 4.38. The van der Waals surface area contributed by atoms with Crippen LogP contribution in [0, 0.1) is 6.92 Å². The number of carbonyl (C=O) groups is 1. The molecule has 1 unspecified atom stereocenters. The standard InChI is InChI=1S/C25H30N2O6S/c1-16-19(3-4-20-21(16)15-33-25(20)30)23(29)14-27-9-7-26(8-10-27)13-22(28)17-2-5-24-18(12-17)6-11-34(24,31)32/h2-5,12,22-23,28-29H,6-11,13-15H2,1H3/t22?,23-/m0/s1.